The monoisotopic (exact) mass is 392 g/mol. The smallest absolute Gasteiger partial charge is 0.279 e. The lowest BCUT2D eigenvalue weighted by Crippen LogP contribution is -3.15. The number of piperazine rings is 1. The van der Waals surface area contributed by atoms with Crippen LogP contribution in [-0.2, 0) is 16.0 Å². The largest absolute Gasteiger partial charge is 0.331 e. The highest BCUT2D eigenvalue weighted by molar-refractivity contribution is 7.09. The molecule has 1 fully saturated rings. The van der Waals surface area contributed by atoms with Gasteiger partial charge in [0.1, 0.15) is 0 Å². The number of halogens is 1. The molecule has 1 saturated heterocycles. The molecule has 0 aliphatic carbocycles. The molecular weight excluding hydrogens is 370 g/mol. The Hall–Kier alpha value is -1.89. The normalized spacial score (nSPS) is 15.0. The van der Waals surface area contributed by atoms with Crippen LogP contribution in [0.5, 0.6) is 0 Å². The lowest BCUT2D eigenvalue weighted by molar-refractivity contribution is -0.895. The van der Waals surface area contributed by atoms with Crippen LogP contribution in [0.3, 0.4) is 0 Å². The highest BCUT2D eigenvalue weighted by Gasteiger charge is 2.25. The van der Waals surface area contributed by atoms with Crippen molar-refractivity contribution in [3.05, 3.63) is 51.7 Å². The zero-order valence-electron chi connectivity index (χ0n) is 14.5. The lowest BCUT2D eigenvalue weighted by Gasteiger charge is -2.32. The summed E-state index contributed by atoms with van der Waals surface area (Å²) < 4.78 is 0. The summed E-state index contributed by atoms with van der Waals surface area (Å²) in [6.45, 7) is 3.39. The van der Waals surface area contributed by atoms with E-state index in [2.05, 4.69) is 11.4 Å². The van der Waals surface area contributed by atoms with Gasteiger partial charge in [-0.05, 0) is 30.0 Å². The van der Waals surface area contributed by atoms with E-state index in [1.54, 1.807) is 23.5 Å². The molecule has 0 unspecified atom stereocenters. The summed E-state index contributed by atoms with van der Waals surface area (Å²) in [5, 5.41) is 5.43. The first kappa shape index (κ1) is 18.9. The predicted molar refractivity (Wildman–Crippen MR) is 105 cm³/mol. The van der Waals surface area contributed by atoms with E-state index in [0.717, 1.165) is 19.5 Å². The van der Waals surface area contributed by atoms with E-state index in [9.17, 15) is 9.59 Å². The SMILES string of the molecule is O=C(C[NH+]1CCN(C(=O)CCc2cccs2)CC1)Nc1ccccc1Cl. The average molecular weight is 393 g/mol. The molecular formula is C19H23ClN3O2S+. The number of hydrogen-bond donors (Lipinski definition) is 2. The number of nitrogens with one attached hydrogen (secondary N) is 2. The first-order chi connectivity index (χ1) is 12.6. The summed E-state index contributed by atoms with van der Waals surface area (Å²) in [6.07, 6.45) is 1.37. The van der Waals surface area contributed by atoms with E-state index < -0.39 is 0 Å². The molecule has 26 heavy (non-hydrogen) atoms. The molecule has 0 atom stereocenters. The average Bonchev–Trinajstić information content (AvgIpc) is 3.16. The van der Waals surface area contributed by atoms with Gasteiger partial charge < -0.3 is 15.1 Å². The second-order valence-electron chi connectivity index (χ2n) is 6.41. The summed E-state index contributed by atoms with van der Waals surface area (Å²) >= 11 is 7.76. The predicted octanol–water partition coefficient (Wildman–Crippen LogP) is 1.70. The number of anilines is 1. The van der Waals surface area contributed by atoms with Crippen molar-refractivity contribution < 1.29 is 14.5 Å². The zero-order chi connectivity index (χ0) is 18.4. The molecule has 0 saturated carbocycles. The topological polar surface area (TPSA) is 53.9 Å². The Balaban J connectivity index is 1.40. The van der Waals surface area contributed by atoms with Crippen LogP contribution < -0.4 is 10.2 Å². The molecule has 2 aromatic rings. The standard InChI is InChI=1S/C19H22ClN3O2S/c20-16-5-1-2-6-17(16)21-18(24)14-22-9-11-23(12-10-22)19(25)8-7-15-4-3-13-26-15/h1-6,13H,7-12,14H2,(H,21,24)/p+1. The zero-order valence-corrected chi connectivity index (χ0v) is 16.1. The number of carbonyl (C=O) groups excluding carboxylic acids is 2. The maximum absolute atomic E-state index is 12.3. The molecule has 138 valence electrons. The van der Waals surface area contributed by atoms with E-state index >= 15 is 0 Å². The third-order valence-corrected chi connectivity index (χ3v) is 5.81. The third kappa shape index (κ3) is 5.30. The van der Waals surface area contributed by atoms with Gasteiger partial charge in [0.25, 0.3) is 5.91 Å². The van der Waals surface area contributed by atoms with Crippen LogP contribution in [-0.4, -0.2) is 49.4 Å². The van der Waals surface area contributed by atoms with Crippen molar-refractivity contribution in [2.45, 2.75) is 12.8 Å². The van der Waals surface area contributed by atoms with Gasteiger partial charge >= 0.3 is 0 Å². The van der Waals surface area contributed by atoms with Gasteiger partial charge in [0, 0.05) is 11.3 Å². The maximum atomic E-state index is 12.3. The number of nitrogens with zero attached hydrogens (tertiary/aromatic N) is 1. The molecule has 0 radical (unpaired) electrons. The number of benzene rings is 1. The summed E-state index contributed by atoms with van der Waals surface area (Å²) in [4.78, 5) is 28.9. The number of aryl methyl sites for hydroxylation is 1. The van der Waals surface area contributed by atoms with Crippen LogP contribution in [0.25, 0.3) is 0 Å². The highest BCUT2D eigenvalue weighted by atomic mass is 35.5. The van der Waals surface area contributed by atoms with E-state index in [0.29, 0.717) is 36.8 Å². The number of thiophene rings is 1. The van der Waals surface area contributed by atoms with E-state index in [1.165, 1.54) is 9.78 Å². The summed E-state index contributed by atoms with van der Waals surface area (Å²) in [5.74, 6) is 0.156. The Kier molecular flexibility index (Phi) is 6.66. The molecule has 1 aromatic heterocycles. The lowest BCUT2D eigenvalue weighted by atomic mass is 10.2. The molecule has 2 amide bonds. The van der Waals surface area contributed by atoms with Crippen LogP contribution in [0.2, 0.25) is 5.02 Å². The van der Waals surface area contributed by atoms with Crippen LogP contribution in [0.15, 0.2) is 41.8 Å². The summed E-state index contributed by atoms with van der Waals surface area (Å²) in [6, 6.07) is 11.3. The van der Waals surface area contributed by atoms with Crippen LogP contribution in [0, 0.1) is 0 Å². The first-order valence-corrected chi connectivity index (χ1v) is 10.1. The Morgan fingerprint density at radius 1 is 1.15 bits per heavy atom. The Labute approximate surface area is 162 Å². The number of quaternary nitrogens is 1. The quantitative estimate of drug-likeness (QED) is 0.786. The van der Waals surface area contributed by atoms with Gasteiger partial charge in [0.05, 0.1) is 36.9 Å². The van der Waals surface area contributed by atoms with Crippen molar-refractivity contribution in [2.75, 3.05) is 38.0 Å². The van der Waals surface area contributed by atoms with Crippen molar-refractivity contribution in [2.24, 2.45) is 0 Å². The number of carbonyl (C=O) groups is 2. The van der Waals surface area contributed by atoms with Gasteiger partial charge in [-0.15, -0.1) is 11.3 Å². The molecule has 7 heteroatoms. The van der Waals surface area contributed by atoms with Crippen molar-refractivity contribution in [3.63, 3.8) is 0 Å². The number of hydrogen-bond acceptors (Lipinski definition) is 3. The van der Waals surface area contributed by atoms with Gasteiger partial charge in [0.15, 0.2) is 6.54 Å². The Morgan fingerprint density at radius 2 is 1.92 bits per heavy atom. The number of amides is 2. The van der Waals surface area contributed by atoms with E-state index in [4.69, 9.17) is 11.6 Å². The molecule has 1 aliphatic rings. The van der Waals surface area contributed by atoms with Crippen LogP contribution in [0.1, 0.15) is 11.3 Å². The minimum absolute atomic E-state index is 0.0504. The molecule has 2 N–H and O–H groups in total. The van der Waals surface area contributed by atoms with E-state index in [1.807, 2.05) is 28.5 Å². The van der Waals surface area contributed by atoms with Crippen molar-refractivity contribution in [3.8, 4) is 0 Å². The molecule has 1 aromatic carbocycles. The fourth-order valence-corrected chi connectivity index (χ4v) is 3.97. The molecule has 3 rings (SSSR count). The van der Waals surface area contributed by atoms with Gasteiger partial charge in [0.2, 0.25) is 5.91 Å². The maximum Gasteiger partial charge on any atom is 0.279 e. The summed E-state index contributed by atoms with van der Waals surface area (Å²) in [5.41, 5.74) is 0.640. The van der Waals surface area contributed by atoms with Gasteiger partial charge in [-0.2, -0.15) is 0 Å². The van der Waals surface area contributed by atoms with Gasteiger partial charge in [-0.1, -0.05) is 29.8 Å². The van der Waals surface area contributed by atoms with Crippen LogP contribution >= 0.6 is 22.9 Å². The molecule has 2 heterocycles. The first-order valence-electron chi connectivity index (χ1n) is 8.80. The third-order valence-electron chi connectivity index (χ3n) is 4.55. The fourth-order valence-electron chi connectivity index (χ4n) is 3.08. The molecule has 1 aliphatic heterocycles. The van der Waals surface area contributed by atoms with Crippen molar-refractivity contribution in [1.82, 2.24) is 4.90 Å². The highest BCUT2D eigenvalue weighted by Crippen LogP contribution is 2.19. The van der Waals surface area contributed by atoms with Crippen molar-refractivity contribution >= 4 is 40.4 Å². The molecule has 0 bridgehead atoms. The second-order valence-corrected chi connectivity index (χ2v) is 7.85. The molecule has 0 spiro atoms. The van der Waals surface area contributed by atoms with Gasteiger partial charge in [-0.25, -0.2) is 0 Å². The fraction of sp³-hybridized carbons (Fsp3) is 0.368. The van der Waals surface area contributed by atoms with E-state index in [-0.39, 0.29) is 11.8 Å². The summed E-state index contributed by atoms with van der Waals surface area (Å²) in [7, 11) is 0. The van der Waals surface area contributed by atoms with Gasteiger partial charge in [-0.3, -0.25) is 9.59 Å². The van der Waals surface area contributed by atoms with Crippen molar-refractivity contribution in [1.29, 1.82) is 0 Å². The Morgan fingerprint density at radius 3 is 2.62 bits per heavy atom. The Bertz CT molecular complexity index is 743. The number of rotatable bonds is 6. The molecule has 5 nitrogen and oxygen atoms in total. The minimum Gasteiger partial charge on any atom is -0.331 e. The minimum atomic E-state index is -0.0504. The van der Waals surface area contributed by atoms with Crippen LogP contribution in [0.4, 0.5) is 5.69 Å². The number of para-hydroxylation sites is 1. The second kappa shape index (κ2) is 9.16.